The van der Waals surface area contributed by atoms with E-state index in [0.717, 1.165) is 22.8 Å². The van der Waals surface area contributed by atoms with Gasteiger partial charge in [-0.15, -0.1) is 0 Å². The van der Waals surface area contributed by atoms with Crippen LogP contribution in [0.3, 0.4) is 0 Å². The SMILES string of the molecule is Clc1cc(Nc2ccc(SN3CCCC3)cc2)n2nc(C3CC3)cc2n1. The van der Waals surface area contributed by atoms with Crippen molar-refractivity contribution in [1.82, 2.24) is 18.9 Å². The van der Waals surface area contributed by atoms with Crippen LogP contribution in [-0.4, -0.2) is 32.0 Å². The van der Waals surface area contributed by atoms with Crippen molar-refractivity contribution in [2.75, 3.05) is 18.4 Å². The molecule has 2 aromatic heterocycles. The zero-order valence-electron chi connectivity index (χ0n) is 14.4. The van der Waals surface area contributed by atoms with Gasteiger partial charge in [0.15, 0.2) is 5.65 Å². The average molecular weight is 386 g/mol. The van der Waals surface area contributed by atoms with Crippen LogP contribution >= 0.6 is 23.5 Å². The molecule has 7 heteroatoms. The molecule has 1 aromatic carbocycles. The van der Waals surface area contributed by atoms with Crippen LogP contribution in [-0.2, 0) is 0 Å². The number of benzene rings is 1. The molecule has 0 bridgehead atoms. The van der Waals surface area contributed by atoms with E-state index in [9.17, 15) is 0 Å². The predicted octanol–water partition coefficient (Wildman–Crippen LogP) is 5.11. The standard InChI is InChI=1S/C19H20ClN5S/c20-17-12-19(25-18(22-17)11-16(23-25)13-3-4-13)21-14-5-7-15(8-6-14)26-24-9-1-2-10-24/h5-8,11-13,21H,1-4,9-10H2. The van der Waals surface area contributed by atoms with Crippen molar-refractivity contribution < 1.29 is 0 Å². The number of anilines is 2. The Bertz CT molecular complexity index is 929. The summed E-state index contributed by atoms with van der Waals surface area (Å²) in [6, 6.07) is 12.4. The van der Waals surface area contributed by atoms with Crippen LogP contribution in [0.5, 0.6) is 0 Å². The van der Waals surface area contributed by atoms with Crippen LogP contribution in [0.15, 0.2) is 41.3 Å². The maximum absolute atomic E-state index is 6.21. The zero-order valence-corrected chi connectivity index (χ0v) is 15.9. The molecular weight excluding hydrogens is 366 g/mol. The minimum Gasteiger partial charge on any atom is -0.340 e. The van der Waals surface area contributed by atoms with Crippen molar-refractivity contribution in [2.45, 2.75) is 36.5 Å². The number of fused-ring (bicyclic) bond motifs is 1. The third-order valence-electron chi connectivity index (χ3n) is 4.84. The third kappa shape index (κ3) is 3.41. The molecule has 134 valence electrons. The highest BCUT2D eigenvalue weighted by atomic mass is 35.5. The molecule has 26 heavy (non-hydrogen) atoms. The summed E-state index contributed by atoms with van der Waals surface area (Å²) in [4.78, 5) is 5.67. The largest absolute Gasteiger partial charge is 0.340 e. The summed E-state index contributed by atoms with van der Waals surface area (Å²) >= 11 is 8.06. The van der Waals surface area contributed by atoms with Gasteiger partial charge >= 0.3 is 0 Å². The van der Waals surface area contributed by atoms with Gasteiger partial charge in [0.05, 0.1) is 5.69 Å². The topological polar surface area (TPSA) is 45.5 Å². The van der Waals surface area contributed by atoms with E-state index in [1.807, 2.05) is 28.6 Å². The Hall–Kier alpha value is -1.76. The summed E-state index contributed by atoms with van der Waals surface area (Å²) in [6.45, 7) is 2.36. The van der Waals surface area contributed by atoms with E-state index in [2.05, 4.69) is 38.9 Å². The molecule has 1 saturated heterocycles. The zero-order chi connectivity index (χ0) is 17.5. The van der Waals surface area contributed by atoms with Crippen LogP contribution in [0.1, 0.15) is 37.3 Å². The number of rotatable bonds is 5. The van der Waals surface area contributed by atoms with E-state index in [4.69, 9.17) is 16.7 Å². The van der Waals surface area contributed by atoms with E-state index < -0.39 is 0 Å². The molecular formula is C19H20ClN5S. The minimum atomic E-state index is 0.475. The fraction of sp³-hybridized carbons (Fsp3) is 0.368. The Balaban J connectivity index is 1.38. The fourth-order valence-electron chi connectivity index (χ4n) is 3.30. The van der Waals surface area contributed by atoms with Gasteiger partial charge in [0, 0.05) is 41.7 Å². The van der Waals surface area contributed by atoms with Gasteiger partial charge in [0.25, 0.3) is 0 Å². The Labute approximate surface area is 161 Å². The van der Waals surface area contributed by atoms with Crippen molar-refractivity contribution in [3.8, 4) is 0 Å². The molecule has 2 aliphatic rings. The second kappa shape index (κ2) is 6.76. The molecule has 0 radical (unpaired) electrons. The Morgan fingerprint density at radius 2 is 1.85 bits per heavy atom. The lowest BCUT2D eigenvalue weighted by atomic mass is 10.3. The molecule has 0 unspecified atom stereocenters. The predicted molar refractivity (Wildman–Crippen MR) is 106 cm³/mol. The fourth-order valence-corrected chi connectivity index (χ4v) is 4.49. The molecule has 3 heterocycles. The lowest BCUT2D eigenvalue weighted by molar-refractivity contribution is 0.586. The van der Waals surface area contributed by atoms with Crippen molar-refractivity contribution in [2.24, 2.45) is 0 Å². The summed E-state index contributed by atoms with van der Waals surface area (Å²) in [5.41, 5.74) is 2.92. The highest BCUT2D eigenvalue weighted by molar-refractivity contribution is 7.97. The van der Waals surface area contributed by atoms with Crippen molar-refractivity contribution in [1.29, 1.82) is 0 Å². The van der Waals surface area contributed by atoms with Gasteiger partial charge in [-0.25, -0.2) is 9.29 Å². The first-order valence-electron chi connectivity index (χ1n) is 9.11. The van der Waals surface area contributed by atoms with Gasteiger partial charge in [0.1, 0.15) is 11.0 Å². The first-order chi connectivity index (χ1) is 12.7. The summed E-state index contributed by atoms with van der Waals surface area (Å²) in [6.07, 6.45) is 5.04. The highest BCUT2D eigenvalue weighted by Gasteiger charge is 2.27. The molecule has 5 nitrogen and oxygen atoms in total. The lowest BCUT2D eigenvalue weighted by Gasteiger charge is -2.14. The lowest BCUT2D eigenvalue weighted by Crippen LogP contribution is -2.08. The Morgan fingerprint density at radius 3 is 2.58 bits per heavy atom. The molecule has 0 atom stereocenters. The molecule has 0 amide bonds. The summed E-state index contributed by atoms with van der Waals surface area (Å²) in [7, 11) is 0. The number of hydrogen-bond acceptors (Lipinski definition) is 5. The van der Waals surface area contributed by atoms with E-state index in [1.165, 1.54) is 43.7 Å². The van der Waals surface area contributed by atoms with Gasteiger partial charge in [0.2, 0.25) is 0 Å². The normalized spacial score (nSPS) is 17.9. The molecule has 5 rings (SSSR count). The smallest absolute Gasteiger partial charge is 0.159 e. The Kier molecular flexibility index (Phi) is 4.27. The number of aromatic nitrogens is 3. The second-order valence-corrected chi connectivity index (χ2v) is 8.51. The summed E-state index contributed by atoms with van der Waals surface area (Å²) in [5, 5.41) is 8.63. The van der Waals surface area contributed by atoms with Crippen molar-refractivity contribution >= 4 is 40.7 Å². The van der Waals surface area contributed by atoms with Crippen LogP contribution in [0, 0.1) is 0 Å². The van der Waals surface area contributed by atoms with Crippen LogP contribution < -0.4 is 5.32 Å². The highest BCUT2D eigenvalue weighted by Crippen LogP contribution is 2.40. The van der Waals surface area contributed by atoms with Crippen LogP contribution in [0.2, 0.25) is 5.15 Å². The van der Waals surface area contributed by atoms with E-state index in [1.54, 1.807) is 0 Å². The molecule has 0 spiro atoms. The molecule has 1 aliphatic heterocycles. The quantitative estimate of drug-likeness (QED) is 0.488. The van der Waals surface area contributed by atoms with Gasteiger partial charge < -0.3 is 5.32 Å². The minimum absolute atomic E-state index is 0.475. The summed E-state index contributed by atoms with van der Waals surface area (Å²) < 4.78 is 4.28. The van der Waals surface area contributed by atoms with Gasteiger partial charge in [-0.1, -0.05) is 11.6 Å². The van der Waals surface area contributed by atoms with Crippen molar-refractivity contribution in [3.63, 3.8) is 0 Å². The molecule has 3 aromatic rings. The van der Waals surface area contributed by atoms with E-state index >= 15 is 0 Å². The first-order valence-corrected chi connectivity index (χ1v) is 10.3. The van der Waals surface area contributed by atoms with Crippen molar-refractivity contribution in [3.05, 3.63) is 47.2 Å². The molecule has 1 aliphatic carbocycles. The average Bonchev–Trinajstić information content (AvgIpc) is 3.19. The molecule has 1 saturated carbocycles. The van der Waals surface area contributed by atoms with Crippen LogP contribution in [0.4, 0.5) is 11.5 Å². The third-order valence-corrected chi connectivity index (χ3v) is 6.14. The monoisotopic (exact) mass is 385 g/mol. The first kappa shape index (κ1) is 16.4. The second-order valence-electron chi connectivity index (χ2n) is 6.95. The van der Waals surface area contributed by atoms with Gasteiger partial charge in [-0.3, -0.25) is 0 Å². The van der Waals surface area contributed by atoms with E-state index in [-0.39, 0.29) is 0 Å². The summed E-state index contributed by atoms with van der Waals surface area (Å²) in [5.74, 6) is 1.43. The maximum Gasteiger partial charge on any atom is 0.159 e. The number of nitrogens with one attached hydrogen (secondary N) is 1. The van der Waals surface area contributed by atoms with Crippen LogP contribution in [0.25, 0.3) is 5.65 Å². The number of hydrogen-bond donors (Lipinski definition) is 1. The van der Waals surface area contributed by atoms with Gasteiger partial charge in [-0.2, -0.15) is 9.61 Å². The molecule has 1 N–H and O–H groups in total. The molecule has 2 fully saturated rings. The maximum atomic E-state index is 6.21. The Morgan fingerprint density at radius 1 is 1.08 bits per heavy atom. The number of nitrogens with zero attached hydrogens (tertiary/aromatic N) is 4. The van der Waals surface area contributed by atoms with Gasteiger partial charge in [-0.05, 0) is 61.9 Å². The van der Waals surface area contributed by atoms with E-state index in [0.29, 0.717) is 11.1 Å². The number of halogens is 1.